The second kappa shape index (κ2) is 4.67. The van der Waals surface area contributed by atoms with Crippen molar-refractivity contribution >= 4 is 23.2 Å². The highest BCUT2D eigenvalue weighted by Crippen LogP contribution is 2.30. The Morgan fingerprint density at radius 3 is 2.76 bits per heavy atom. The van der Waals surface area contributed by atoms with Crippen LogP contribution >= 0.6 is 11.6 Å². The van der Waals surface area contributed by atoms with E-state index in [2.05, 4.69) is 0 Å². The molecule has 0 fully saturated rings. The molecule has 92 valence electrons. The highest BCUT2D eigenvalue weighted by molar-refractivity contribution is 6.20. The van der Waals surface area contributed by atoms with Crippen molar-refractivity contribution in [1.29, 1.82) is 0 Å². The first kappa shape index (κ1) is 12.4. The van der Waals surface area contributed by atoms with Gasteiger partial charge < -0.3 is 10.0 Å². The molecule has 1 N–H and O–H groups in total. The first-order chi connectivity index (χ1) is 8.00. The van der Waals surface area contributed by atoms with Gasteiger partial charge in [0.15, 0.2) is 0 Å². The maximum absolute atomic E-state index is 11.5. The van der Waals surface area contributed by atoms with Gasteiger partial charge in [-0.25, -0.2) is 0 Å². The molecule has 0 saturated heterocycles. The summed E-state index contributed by atoms with van der Waals surface area (Å²) in [6.45, 7) is 1.77. The van der Waals surface area contributed by atoms with Gasteiger partial charge in [-0.15, -0.1) is 11.6 Å². The lowest BCUT2D eigenvalue weighted by Gasteiger charge is -2.27. The lowest BCUT2D eigenvalue weighted by atomic mass is 9.96. The Labute approximate surface area is 106 Å². The average molecular weight is 254 g/mol. The third kappa shape index (κ3) is 2.31. The second-order valence-electron chi connectivity index (χ2n) is 4.46. The summed E-state index contributed by atoms with van der Waals surface area (Å²) in [6.07, 6.45) is 0.597. The highest BCUT2D eigenvalue weighted by atomic mass is 35.5. The van der Waals surface area contributed by atoms with Crippen LogP contribution in [0.15, 0.2) is 18.2 Å². The number of fused-ring (bicyclic) bond motifs is 1. The number of aryl methyl sites for hydroxylation is 1. The normalized spacial score (nSPS) is 18.8. The van der Waals surface area contributed by atoms with Gasteiger partial charge in [-0.1, -0.05) is 12.1 Å². The molecule has 2 unspecified atom stereocenters. The van der Waals surface area contributed by atoms with Gasteiger partial charge in [0, 0.05) is 19.2 Å². The van der Waals surface area contributed by atoms with Gasteiger partial charge >= 0.3 is 0 Å². The molecule has 4 heteroatoms. The summed E-state index contributed by atoms with van der Waals surface area (Å²) in [5.41, 5.74) is 2.84. The fraction of sp³-hybridized carbons (Fsp3) is 0.462. The average Bonchev–Trinajstić information content (AvgIpc) is 2.32. The van der Waals surface area contributed by atoms with Crippen molar-refractivity contribution in [3.05, 3.63) is 29.3 Å². The predicted octanol–water partition coefficient (Wildman–Crippen LogP) is 2.26. The molecular formula is C13H16ClNO2. The molecule has 1 aromatic rings. The molecule has 0 saturated carbocycles. The fourth-order valence-electron chi connectivity index (χ4n) is 2.13. The first-order valence-electron chi connectivity index (χ1n) is 5.72. The van der Waals surface area contributed by atoms with Crippen LogP contribution in [0.3, 0.4) is 0 Å². The zero-order chi connectivity index (χ0) is 12.6. The van der Waals surface area contributed by atoms with Crippen molar-refractivity contribution in [2.75, 3.05) is 11.9 Å². The van der Waals surface area contributed by atoms with Crippen LogP contribution in [0.2, 0.25) is 0 Å². The molecule has 2 atom stereocenters. The number of carbonyl (C=O) groups is 1. The lowest BCUT2D eigenvalue weighted by Crippen LogP contribution is -2.31. The number of carbonyl (C=O) groups excluding carboxylic acids is 1. The standard InChI is InChI=1S/C13H16ClNO2/c1-8(14)13(17)10-3-5-11-9(7-10)4-6-12(16)15(11)2/h3,5,7-8,13,17H,4,6H2,1-2H3. The van der Waals surface area contributed by atoms with Gasteiger partial charge in [0.2, 0.25) is 5.91 Å². The molecule has 1 heterocycles. The predicted molar refractivity (Wildman–Crippen MR) is 68.4 cm³/mol. The monoisotopic (exact) mass is 253 g/mol. The van der Waals surface area contributed by atoms with Crippen LogP contribution in [0.25, 0.3) is 0 Å². The minimum Gasteiger partial charge on any atom is -0.387 e. The van der Waals surface area contributed by atoms with Gasteiger partial charge in [-0.05, 0) is 30.5 Å². The van der Waals surface area contributed by atoms with Gasteiger partial charge in [0.05, 0.1) is 11.5 Å². The smallest absolute Gasteiger partial charge is 0.227 e. The Bertz CT molecular complexity index is 445. The summed E-state index contributed by atoms with van der Waals surface area (Å²) >= 11 is 5.88. The number of alkyl halides is 1. The number of aliphatic hydroxyl groups excluding tert-OH is 1. The zero-order valence-corrected chi connectivity index (χ0v) is 10.7. The van der Waals surface area contributed by atoms with E-state index in [-0.39, 0.29) is 11.3 Å². The third-order valence-electron chi connectivity index (χ3n) is 3.22. The van der Waals surface area contributed by atoms with E-state index in [1.807, 2.05) is 18.2 Å². The molecule has 1 amide bonds. The number of anilines is 1. The Morgan fingerprint density at radius 1 is 1.41 bits per heavy atom. The summed E-state index contributed by atoms with van der Waals surface area (Å²) in [7, 11) is 1.78. The Hall–Kier alpha value is -1.06. The van der Waals surface area contributed by atoms with Crippen molar-refractivity contribution in [2.24, 2.45) is 0 Å². The van der Waals surface area contributed by atoms with Crippen LogP contribution in [-0.4, -0.2) is 23.4 Å². The lowest BCUT2D eigenvalue weighted by molar-refractivity contribution is -0.118. The van der Waals surface area contributed by atoms with E-state index in [9.17, 15) is 9.90 Å². The maximum Gasteiger partial charge on any atom is 0.227 e. The largest absolute Gasteiger partial charge is 0.387 e. The molecule has 3 nitrogen and oxygen atoms in total. The third-order valence-corrected chi connectivity index (χ3v) is 3.46. The van der Waals surface area contributed by atoms with Crippen LogP contribution in [0.4, 0.5) is 5.69 Å². The molecule has 2 rings (SSSR count). The molecule has 17 heavy (non-hydrogen) atoms. The van der Waals surface area contributed by atoms with E-state index in [0.717, 1.165) is 23.2 Å². The second-order valence-corrected chi connectivity index (χ2v) is 5.15. The molecule has 1 aromatic carbocycles. The molecule has 0 aliphatic carbocycles. The Kier molecular flexibility index (Phi) is 3.40. The fourth-order valence-corrected chi connectivity index (χ4v) is 2.27. The van der Waals surface area contributed by atoms with Crippen molar-refractivity contribution < 1.29 is 9.90 Å². The number of hydrogen-bond acceptors (Lipinski definition) is 2. The number of rotatable bonds is 2. The number of benzene rings is 1. The van der Waals surface area contributed by atoms with Crippen LogP contribution in [0.5, 0.6) is 0 Å². The van der Waals surface area contributed by atoms with E-state index < -0.39 is 6.10 Å². The van der Waals surface area contributed by atoms with Crippen LogP contribution in [-0.2, 0) is 11.2 Å². The quantitative estimate of drug-likeness (QED) is 0.822. The number of aliphatic hydroxyl groups is 1. The molecule has 1 aliphatic heterocycles. The molecule has 0 radical (unpaired) electrons. The minimum absolute atomic E-state index is 0.136. The van der Waals surface area contributed by atoms with Gasteiger partial charge in [0.25, 0.3) is 0 Å². The van der Waals surface area contributed by atoms with Crippen LogP contribution in [0, 0.1) is 0 Å². The van der Waals surface area contributed by atoms with Crippen LogP contribution in [0.1, 0.15) is 30.6 Å². The zero-order valence-electron chi connectivity index (χ0n) is 9.98. The Morgan fingerprint density at radius 2 is 2.12 bits per heavy atom. The van der Waals surface area contributed by atoms with Crippen LogP contribution < -0.4 is 4.90 Å². The highest BCUT2D eigenvalue weighted by Gasteiger charge is 2.22. The summed E-state index contributed by atoms with van der Waals surface area (Å²) < 4.78 is 0. The van der Waals surface area contributed by atoms with Crippen molar-refractivity contribution in [3.63, 3.8) is 0 Å². The SMILES string of the molecule is CC(Cl)C(O)c1ccc2c(c1)CCC(=O)N2C. The molecule has 0 bridgehead atoms. The number of hydrogen-bond donors (Lipinski definition) is 1. The number of amides is 1. The van der Waals surface area contributed by atoms with E-state index in [1.54, 1.807) is 18.9 Å². The molecule has 0 spiro atoms. The van der Waals surface area contributed by atoms with Gasteiger partial charge in [0.1, 0.15) is 0 Å². The topological polar surface area (TPSA) is 40.5 Å². The number of nitrogens with zero attached hydrogens (tertiary/aromatic N) is 1. The summed E-state index contributed by atoms with van der Waals surface area (Å²) in [4.78, 5) is 13.2. The summed E-state index contributed by atoms with van der Waals surface area (Å²) in [5.74, 6) is 0.136. The van der Waals surface area contributed by atoms with Gasteiger partial charge in [-0.2, -0.15) is 0 Å². The molecular weight excluding hydrogens is 238 g/mol. The summed E-state index contributed by atoms with van der Waals surface area (Å²) in [6, 6.07) is 5.66. The molecule has 0 aromatic heterocycles. The van der Waals surface area contributed by atoms with E-state index in [0.29, 0.717) is 6.42 Å². The Balaban J connectivity index is 2.35. The van der Waals surface area contributed by atoms with Crippen molar-refractivity contribution in [3.8, 4) is 0 Å². The van der Waals surface area contributed by atoms with E-state index >= 15 is 0 Å². The number of halogens is 1. The summed E-state index contributed by atoms with van der Waals surface area (Å²) in [5, 5.41) is 9.58. The molecule has 1 aliphatic rings. The minimum atomic E-state index is -0.662. The van der Waals surface area contributed by atoms with Gasteiger partial charge in [-0.3, -0.25) is 4.79 Å². The van der Waals surface area contributed by atoms with Crippen molar-refractivity contribution in [2.45, 2.75) is 31.2 Å². The van der Waals surface area contributed by atoms with E-state index in [1.165, 1.54) is 0 Å². The van der Waals surface area contributed by atoms with E-state index in [4.69, 9.17) is 11.6 Å². The first-order valence-corrected chi connectivity index (χ1v) is 6.16. The maximum atomic E-state index is 11.5. The van der Waals surface area contributed by atoms with Crippen molar-refractivity contribution in [1.82, 2.24) is 0 Å².